The average Bonchev–Trinajstić information content (AvgIpc) is 2.46. The van der Waals surface area contributed by atoms with E-state index in [1.165, 1.54) is 10.5 Å². The molecule has 5 nitrogen and oxygen atoms in total. The van der Waals surface area contributed by atoms with Crippen LogP contribution in [0.2, 0.25) is 0 Å². The Morgan fingerprint density at radius 1 is 1.42 bits per heavy atom. The minimum absolute atomic E-state index is 0.110. The first-order valence-corrected chi connectivity index (χ1v) is 8.20. The van der Waals surface area contributed by atoms with Crippen LogP contribution in [0, 0.1) is 0 Å². The van der Waals surface area contributed by atoms with E-state index in [4.69, 9.17) is 16.3 Å². The Morgan fingerprint density at radius 2 is 2.16 bits per heavy atom. The number of hydrogen-bond acceptors (Lipinski definition) is 4. The monoisotopic (exact) mass is 304 g/mol. The Labute approximate surface area is 118 Å². The third-order valence-corrected chi connectivity index (χ3v) is 5.14. The molecule has 0 radical (unpaired) electrons. The molecule has 0 spiro atoms. The quantitative estimate of drug-likeness (QED) is 0.773. The van der Waals surface area contributed by atoms with E-state index >= 15 is 0 Å². The summed E-state index contributed by atoms with van der Waals surface area (Å²) in [6.45, 7) is 1.47. The molecule has 1 aromatic heterocycles. The summed E-state index contributed by atoms with van der Waals surface area (Å²) in [4.78, 5) is 4.10. The average molecular weight is 305 g/mol. The fourth-order valence-electron chi connectivity index (χ4n) is 2.10. The maximum absolute atomic E-state index is 12.3. The molecule has 0 atom stereocenters. The smallest absolute Gasteiger partial charge is 0.244 e. The van der Waals surface area contributed by atoms with Crippen molar-refractivity contribution in [2.45, 2.75) is 23.8 Å². The zero-order chi connectivity index (χ0) is 13.7. The Bertz CT molecular complexity index is 487. The second-order valence-corrected chi connectivity index (χ2v) is 6.67. The van der Waals surface area contributed by atoms with Crippen molar-refractivity contribution in [3.8, 4) is 0 Å². The fourth-order valence-corrected chi connectivity index (χ4v) is 3.62. The molecule has 19 heavy (non-hydrogen) atoms. The third-order valence-electron chi connectivity index (χ3n) is 3.10. The van der Waals surface area contributed by atoms with Crippen molar-refractivity contribution >= 4 is 21.6 Å². The number of alkyl halides is 1. The van der Waals surface area contributed by atoms with Gasteiger partial charge >= 0.3 is 0 Å². The van der Waals surface area contributed by atoms with Gasteiger partial charge in [0.05, 0.1) is 12.7 Å². The molecule has 1 aliphatic rings. The molecule has 1 saturated heterocycles. The van der Waals surface area contributed by atoms with Gasteiger partial charge in [-0.05, 0) is 25.0 Å². The Morgan fingerprint density at radius 3 is 2.74 bits per heavy atom. The van der Waals surface area contributed by atoms with Crippen molar-refractivity contribution < 1.29 is 13.2 Å². The molecule has 2 rings (SSSR count). The maximum atomic E-state index is 12.3. The van der Waals surface area contributed by atoms with Crippen LogP contribution in [0.3, 0.4) is 0 Å². The van der Waals surface area contributed by atoms with E-state index in [2.05, 4.69) is 4.98 Å². The molecule has 0 aliphatic carbocycles. The molecule has 0 unspecified atom stereocenters. The first-order chi connectivity index (χ1) is 9.14. The first-order valence-electron chi connectivity index (χ1n) is 6.22. The molecule has 2 heterocycles. The van der Waals surface area contributed by atoms with Crippen LogP contribution >= 0.6 is 11.6 Å². The molecule has 0 bridgehead atoms. The van der Waals surface area contributed by atoms with Gasteiger partial charge in [0.1, 0.15) is 4.90 Å². The number of nitrogens with zero attached hydrogens (tertiary/aromatic N) is 2. The predicted octanol–water partition coefficient (Wildman–Crippen LogP) is 1.49. The molecule has 1 aromatic rings. The van der Waals surface area contributed by atoms with Gasteiger partial charge in [0.25, 0.3) is 0 Å². The van der Waals surface area contributed by atoms with Gasteiger partial charge < -0.3 is 4.74 Å². The zero-order valence-corrected chi connectivity index (χ0v) is 12.1. The molecular formula is C12H17ClN2O3S. The summed E-state index contributed by atoms with van der Waals surface area (Å²) < 4.78 is 31.7. The summed E-state index contributed by atoms with van der Waals surface area (Å²) in [6.07, 6.45) is 4.46. The highest BCUT2D eigenvalue weighted by Crippen LogP contribution is 2.21. The molecule has 7 heteroatoms. The number of aromatic nitrogens is 1. The van der Waals surface area contributed by atoms with Crippen molar-refractivity contribution in [1.29, 1.82) is 0 Å². The lowest BCUT2D eigenvalue weighted by Crippen LogP contribution is -2.41. The molecule has 1 fully saturated rings. The Hall–Kier alpha value is -0.690. The van der Waals surface area contributed by atoms with Crippen LogP contribution in [0.15, 0.2) is 29.4 Å². The van der Waals surface area contributed by atoms with Crippen LogP contribution in [0.25, 0.3) is 0 Å². The molecule has 106 valence electrons. The van der Waals surface area contributed by atoms with E-state index < -0.39 is 10.0 Å². The summed E-state index contributed by atoms with van der Waals surface area (Å²) in [5.41, 5.74) is 0. The van der Waals surface area contributed by atoms with Crippen LogP contribution in [0.1, 0.15) is 12.8 Å². The number of ether oxygens (including phenoxy) is 1. The lowest BCUT2D eigenvalue weighted by atomic mass is 10.1. The first kappa shape index (κ1) is 14.7. The van der Waals surface area contributed by atoms with E-state index in [0.717, 1.165) is 0 Å². The van der Waals surface area contributed by atoms with Gasteiger partial charge in [-0.25, -0.2) is 8.42 Å². The molecule has 0 amide bonds. The second-order valence-electron chi connectivity index (χ2n) is 4.35. The van der Waals surface area contributed by atoms with Crippen molar-refractivity contribution in [2.24, 2.45) is 0 Å². The van der Waals surface area contributed by atoms with Gasteiger partial charge in [-0.2, -0.15) is 4.31 Å². The van der Waals surface area contributed by atoms with Crippen molar-refractivity contribution in [3.05, 3.63) is 24.5 Å². The SMILES string of the molecule is O=S(=O)(c1cccnc1)N1CCC(OCCCl)CC1. The second kappa shape index (κ2) is 6.65. The van der Waals surface area contributed by atoms with E-state index in [9.17, 15) is 8.42 Å². The fraction of sp³-hybridized carbons (Fsp3) is 0.583. The molecular weight excluding hydrogens is 288 g/mol. The highest BCUT2D eigenvalue weighted by atomic mass is 35.5. The van der Waals surface area contributed by atoms with Gasteiger partial charge in [-0.15, -0.1) is 11.6 Å². The number of hydrogen-bond donors (Lipinski definition) is 0. The lowest BCUT2D eigenvalue weighted by Gasteiger charge is -2.30. The molecule has 1 aliphatic heterocycles. The van der Waals surface area contributed by atoms with Crippen LogP contribution < -0.4 is 0 Å². The number of sulfonamides is 1. The Balaban J connectivity index is 1.98. The van der Waals surface area contributed by atoms with Gasteiger partial charge in [0.2, 0.25) is 10.0 Å². The van der Waals surface area contributed by atoms with Gasteiger partial charge in [-0.1, -0.05) is 0 Å². The number of rotatable bonds is 5. The topological polar surface area (TPSA) is 59.5 Å². The number of halogens is 1. The van der Waals surface area contributed by atoms with Crippen LogP contribution in [0.5, 0.6) is 0 Å². The maximum Gasteiger partial charge on any atom is 0.244 e. The largest absolute Gasteiger partial charge is 0.377 e. The van der Waals surface area contributed by atoms with Gasteiger partial charge in [-0.3, -0.25) is 4.98 Å². The van der Waals surface area contributed by atoms with Crippen LogP contribution in [0.4, 0.5) is 0 Å². The minimum Gasteiger partial charge on any atom is -0.377 e. The zero-order valence-electron chi connectivity index (χ0n) is 10.5. The molecule has 0 saturated carbocycles. The van der Waals surface area contributed by atoms with Gasteiger partial charge in [0, 0.05) is 31.4 Å². The lowest BCUT2D eigenvalue weighted by molar-refractivity contribution is 0.0301. The summed E-state index contributed by atoms with van der Waals surface area (Å²) >= 11 is 5.56. The van der Waals surface area contributed by atoms with Crippen molar-refractivity contribution in [3.63, 3.8) is 0 Å². The molecule has 0 aromatic carbocycles. The minimum atomic E-state index is -3.42. The van der Waals surface area contributed by atoms with E-state index in [0.29, 0.717) is 38.4 Å². The summed E-state index contributed by atoms with van der Waals surface area (Å²) in [7, 11) is -3.42. The highest BCUT2D eigenvalue weighted by Gasteiger charge is 2.29. The van der Waals surface area contributed by atoms with E-state index in [-0.39, 0.29) is 11.0 Å². The standard InChI is InChI=1S/C12H17ClN2O3S/c13-5-9-18-11-3-7-15(8-4-11)19(16,17)12-2-1-6-14-10-12/h1-2,6,10-11H,3-5,7-9H2. The number of pyridine rings is 1. The summed E-state index contributed by atoms with van der Waals surface area (Å²) in [5.74, 6) is 0.466. The van der Waals surface area contributed by atoms with Crippen molar-refractivity contribution in [2.75, 3.05) is 25.6 Å². The third kappa shape index (κ3) is 3.66. The van der Waals surface area contributed by atoms with Gasteiger partial charge in [0.15, 0.2) is 0 Å². The molecule has 0 N–H and O–H groups in total. The predicted molar refractivity (Wildman–Crippen MR) is 72.7 cm³/mol. The van der Waals surface area contributed by atoms with Crippen LogP contribution in [-0.2, 0) is 14.8 Å². The highest BCUT2D eigenvalue weighted by molar-refractivity contribution is 7.89. The number of piperidine rings is 1. The van der Waals surface area contributed by atoms with E-state index in [1.54, 1.807) is 18.3 Å². The van der Waals surface area contributed by atoms with Crippen LogP contribution in [-0.4, -0.2) is 49.4 Å². The Kier molecular flexibility index (Phi) is 5.15. The summed E-state index contributed by atoms with van der Waals surface area (Å²) in [5, 5.41) is 0. The summed E-state index contributed by atoms with van der Waals surface area (Å²) in [6, 6.07) is 3.20. The normalized spacial score (nSPS) is 18.6. The van der Waals surface area contributed by atoms with Crippen molar-refractivity contribution in [1.82, 2.24) is 9.29 Å². The van der Waals surface area contributed by atoms with E-state index in [1.807, 2.05) is 0 Å².